The van der Waals surface area contributed by atoms with Crippen LogP contribution in [-0.2, 0) is 5.41 Å². The lowest BCUT2D eigenvalue weighted by Gasteiger charge is -2.30. The molecular weight excluding hydrogens is 821 g/mol. The molecule has 11 aromatic rings. The van der Waals surface area contributed by atoms with E-state index in [2.05, 4.69) is 261 Å². The van der Waals surface area contributed by atoms with Crippen LogP contribution in [0.1, 0.15) is 43.9 Å². The molecule has 13 rings (SSSR count). The lowest BCUT2D eigenvalue weighted by molar-refractivity contribution is 0.662. The zero-order valence-electron chi connectivity index (χ0n) is 38.6. The molecule has 0 saturated carbocycles. The lowest BCUT2D eigenvalue weighted by Crippen LogP contribution is -2.17. The van der Waals surface area contributed by atoms with Gasteiger partial charge >= 0.3 is 0 Å². The van der Waals surface area contributed by atoms with E-state index in [-0.39, 0.29) is 5.41 Å². The summed E-state index contributed by atoms with van der Waals surface area (Å²) in [6.07, 6.45) is 8.08. The van der Waals surface area contributed by atoms with Crippen molar-refractivity contribution in [3.8, 4) is 39.1 Å². The fraction of sp³-hybridized carbons (Fsp3) is 0.0909. The number of nitrogens with zero attached hydrogens (tertiary/aromatic N) is 2. The molecule has 10 aromatic carbocycles. The summed E-state index contributed by atoms with van der Waals surface area (Å²) in [6, 6.07) is 79.1. The first-order valence-corrected chi connectivity index (χ1v) is 24.1. The topological polar surface area (TPSA) is 8.17 Å². The number of rotatable bonds is 7. The highest BCUT2D eigenvalue weighted by Crippen LogP contribution is 2.55. The van der Waals surface area contributed by atoms with E-state index >= 15 is 0 Å². The predicted octanol–water partition coefficient (Wildman–Crippen LogP) is 18.2. The maximum atomic E-state index is 2.49. The summed E-state index contributed by atoms with van der Waals surface area (Å²) in [5.74, 6) is 0.524. The van der Waals surface area contributed by atoms with E-state index < -0.39 is 0 Å². The van der Waals surface area contributed by atoms with Gasteiger partial charge in [-0.05, 0) is 139 Å². The summed E-state index contributed by atoms with van der Waals surface area (Å²) in [7, 11) is 0. The number of anilines is 3. The first-order valence-electron chi connectivity index (χ1n) is 24.1. The van der Waals surface area contributed by atoms with Crippen molar-refractivity contribution in [2.45, 2.75) is 32.6 Å². The third-order valence-electron chi connectivity index (χ3n) is 14.8. The number of fused-ring (bicyclic) bond motifs is 9. The average Bonchev–Trinajstić information content (AvgIpc) is 3.85. The quantitative estimate of drug-likeness (QED) is 0.155. The summed E-state index contributed by atoms with van der Waals surface area (Å²) < 4.78 is 2.49. The maximum Gasteiger partial charge on any atom is 0.0619 e. The summed E-state index contributed by atoms with van der Waals surface area (Å²) in [5.41, 5.74) is 19.4. The van der Waals surface area contributed by atoms with Crippen LogP contribution in [-0.4, -0.2) is 4.57 Å². The molecule has 0 saturated heterocycles. The third kappa shape index (κ3) is 6.39. The number of allylic oxidation sites excluding steroid dienone is 4. The second-order valence-corrected chi connectivity index (χ2v) is 19.4. The van der Waals surface area contributed by atoms with Gasteiger partial charge in [-0.25, -0.2) is 0 Å². The van der Waals surface area contributed by atoms with Crippen LogP contribution < -0.4 is 4.90 Å². The average molecular weight is 871 g/mol. The van der Waals surface area contributed by atoms with Crippen LogP contribution in [0.5, 0.6) is 0 Å². The second kappa shape index (κ2) is 15.7. The largest absolute Gasteiger partial charge is 0.310 e. The van der Waals surface area contributed by atoms with Crippen molar-refractivity contribution >= 4 is 66.0 Å². The summed E-state index contributed by atoms with van der Waals surface area (Å²) in [6.45, 7) is 7.11. The van der Waals surface area contributed by atoms with Crippen molar-refractivity contribution in [2.75, 3.05) is 4.90 Å². The minimum atomic E-state index is -0.234. The van der Waals surface area contributed by atoms with Gasteiger partial charge in [0.1, 0.15) is 0 Å². The van der Waals surface area contributed by atoms with Crippen LogP contribution in [0.3, 0.4) is 0 Å². The van der Waals surface area contributed by atoms with Gasteiger partial charge in [-0.1, -0.05) is 197 Å². The van der Waals surface area contributed by atoms with Gasteiger partial charge in [0.15, 0.2) is 0 Å². The van der Waals surface area contributed by atoms with Crippen molar-refractivity contribution in [1.29, 1.82) is 0 Å². The van der Waals surface area contributed by atoms with Crippen molar-refractivity contribution in [3.05, 3.63) is 247 Å². The van der Waals surface area contributed by atoms with Crippen molar-refractivity contribution in [2.24, 2.45) is 5.92 Å². The fourth-order valence-electron chi connectivity index (χ4n) is 11.6. The number of hydrogen-bond donors (Lipinski definition) is 0. The number of benzene rings is 10. The van der Waals surface area contributed by atoms with Crippen LogP contribution in [0.2, 0.25) is 0 Å². The Bertz CT molecular complexity index is 3840. The highest BCUT2D eigenvalue weighted by molar-refractivity contribution is 6.19. The summed E-state index contributed by atoms with van der Waals surface area (Å²) >= 11 is 0. The Hall–Kier alpha value is -8.20. The smallest absolute Gasteiger partial charge is 0.0619 e. The van der Waals surface area contributed by atoms with Crippen LogP contribution in [0.25, 0.3) is 88.0 Å². The molecule has 2 aliphatic carbocycles. The molecule has 1 heterocycles. The van der Waals surface area contributed by atoms with E-state index in [1.165, 1.54) is 99.0 Å². The van der Waals surface area contributed by atoms with Gasteiger partial charge in [0.2, 0.25) is 0 Å². The molecule has 0 N–H and O–H groups in total. The van der Waals surface area contributed by atoms with Crippen LogP contribution in [0, 0.1) is 5.92 Å². The number of aromatic nitrogens is 1. The molecule has 0 spiro atoms. The Morgan fingerprint density at radius 2 is 1.09 bits per heavy atom. The predicted molar refractivity (Wildman–Crippen MR) is 290 cm³/mol. The van der Waals surface area contributed by atoms with E-state index in [1.807, 2.05) is 0 Å². The van der Waals surface area contributed by atoms with Gasteiger partial charge < -0.3 is 9.47 Å². The monoisotopic (exact) mass is 870 g/mol. The summed E-state index contributed by atoms with van der Waals surface area (Å²) in [4.78, 5) is 2.47. The van der Waals surface area contributed by atoms with E-state index in [4.69, 9.17) is 0 Å². The first-order chi connectivity index (χ1) is 33.4. The van der Waals surface area contributed by atoms with E-state index in [0.717, 1.165) is 29.2 Å². The maximum absolute atomic E-state index is 2.49. The molecule has 2 nitrogen and oxygen atoms in total. The van der Waals surface area contributed by atoms with Crippen molar-refractivity contribution < 1.29 is 0 Å². The molecule has 0 radical (unpaired) electrons. The standard InChI is InChI=1S/C66H50N2/c1-43-15-13-19-48(39-43)44-27-33-51(34-28-44)67(52-35-29-47(30-36-52)55-25-14-18-45-16-7-9-22-54(45)55)53-41-60(64-61(42-53)57-24-11-12-26-62(57)66(64,2)3)49-32-37-58-59-38-31-46-17-8-10-23-56(46)65(59)68(63(58)40-49)50-20-5-4-6-21-50/h4-14,16-43H,15H2,1-3H3. The highest BCUT2D eigenvalue weighted by atomic mass is 15.1. The molecule has 68 heavy (non-hydrogen) atoms. The molecule has 0 bridgehead atoms. The Morgan fingerprint density at radius 3 is 1.87 bits per heavy atom. The van der Waals surface area contributed by atoms with Gasteiger partial charge in [-0.15, -0.1) is 0 Å². The molecule has 324 valence electrons. The zero-order chi connectivity index (χ0) is 45.5. The highest BCUT2D eigenvalue weighted by Gasteiger charge is 2.38. The normalized spacial score (nSPS) is 14.9. The molecule has 1 aromatic heterocycles. The van der Waals surface area contributed by atoms with Gasteiger partial charge in [-0.3, -0.25) is 0 Å². The molecule has 2 heteroatoms. The van der Waals surface area contributed by atoms with Gasteiger partial charge in [0.05, 0.1) is 11.0 Å². The first kappa shape index (κ1) is 40.1. The Kier molecular flexibility index (Phi) is 9.27. The lowest BCUT2D eigenvalue weighted by atomic mass is 9.78. The third-order valence-corrected chi connectivity index (χ3v) is 14.8. The molecule has 2 aliphatic rings. The van der Waals surface area contributed by atoms with E-state index in [0.29, 0.717) is 5.92 Å². The van der Waals surface area contributed by atoms with Crippen LogP contribution in [0.15, 0.2) is 231 Å². The van der Waals surface area contributed by atoms with Crippen molar-refractivity contribution in [1.82, 2.24) is 4.57 Å². The second-order valence-electron chi connectivity index (χ2n) is 19.4. The van der Waals surface area contributed by atoms with E-state index in [1.54, 1.807) is 0 Å². The molecule has 0 amide bonds. The molecule has 1 atom stereocenters. The Labute approximate surface area is 398 Å². The Morgan fingerprint density at radius 1 is 0.471 bits per heavy atom. The molecule has 0 fully saturated rings. The molecular formula is C66H50N2. The summed E-state index contributed by atoms with van der Waals surface area (Å²) in [5, 5.41) is 7.51. The number of hydrogen-bond acceptors (Lipinski definition) is 1. The fourth-order valence-corrected chi connectivity index (χ4v) is 11.6. The SMILES string of the molecule is CC1C=C(c2ccc(N(c3ccc(-c4cccc5ccccc45)cc3)c3cc(-c4ccc5c6ccc7ccccc7c6n(-c6ccccc6)c5c4)c4c(c3)-c3ccccc3C4(C)C)cc2)C=CC1. The van der Waals surface area contributed by atoms with Crippen LogP contribution in [0.4, 0.5) is 17.1 Å². The van der Waals surface area contributed by atoms with Gasteiger partial charge in [0.25, 0.3) is 0 Å². The minimum absolute atomic E-state index is 0.234. The van der Waals surface area contributed by atoms with E-state index in [9.17, 15) is 0 Å². The molecule has 0 aliphatic heterocycles. The van der Waals surface area contributed by atoms with Crippen molar-refractivity contribution in [3.63, 3.8) is 0 Å². The molecule has 1 unspecified atom stereocenters. The minimum Gasteiger partial charge on any atom is -0.310 e. The number of para-hydroxylation sites is 1. The van der Waals surface area contributed by atoms with Gasteiger partial charge in [0, 0.05) is 44.3 Å². The Balaban J connectivity index is 1.05. The van der Waals surface area contributed by atoms with Gasteiger partial charge in [-0.2, -0.15) is 0 Å². The van der Waals surface area contributed by atoms with Crippen LogP contribution >= 0.6 is 0 Å². The zero-order valence-corrected chi connectivity index (χ0v) is 38.6.